The van der Waals surface area contributed by atoms with E-state index in [-0.39, 0.29) is 5.82 Å². The summed E-state index contributed by atoms with van der Waals surface area (Å²) in [7, 11) is 0. The monoisotopic (exact) mass is 246 g/mol. The van der Waals surface area contributed by atoms with Crippen LogP contribution in [0.2, 0.25) is 0 Å². The molecule has 2 rings (SSSR count). The summed E-state index contributed by atoms with van der Waals surface area (Å²) in [4.78, 5) is 2.29. The van der Waals surface area contributed by atoms with Crippen LogP contribution in [0.4, 0.5) is 4.39 Å². The van der Waals surface area contributed by atoms with E-state index in [1.807, 2.05) is 0 Å². The summed E-state index contributed by atoms with van der Waals surface area (Å²) in [6, 6.07) is 6.65. The van der Waals surface area contributed by atoms with Gasteiger partial charge in [0.2, 0.25) is 0 Å². The smallest absolute Gasteiger partial charge is 0.127 e. The number of hydrogen-bond donors (Lipinski definition) is 0. The molecule has 96 valence electrons. The Morgan fingerprint density at radius 2 is 2.00 bits per heavy atom. The Morgan fingerprint density at radius 3 is 2.61 bits per heavy atom. The second-order valence-corrected chi connectivity index (χ2v) is 5.56. The Hall–Kier alpha value is -1.40. The Morgan fingerprint density at radius 1 is 1.33 bits per heavy atom. The van der Waals surface area contributed by atoms with Gasteiger partial charge in [-0.25, -0.2) is 4.39 Å². The van der Waals surface area contributed by atoms with Crippen LogP contribution in [0.1, 0.15) is 31.4 Å². The number of piperidine rings is 1. The van der Waals surface area contributed by atoms with Crippen LogP contribution in [-0.2, 0) is 6.54 Å². The topological polar surface area (TPSA) is 27.0 Å². The SMILES string of the molecule is CC1CC(C)CN(Cc2cc(C#N)ccc2F)C1. The van der Waals surface area contributed by atoms with Gasteiger partial charge in [0.1, 0.15) is 5.82 Å². The largest absolute Gasteiger partial charge is 0.298 e. The second-order valence-electron chi connectivity index (χ2n) is 5.56. The number of likely N-dealkylation sites (tertiary alicyclic amines) is 1. The minimum atomic E-state index is -0.208. The third-order valence-electron chi connectivity index (χ3n) is 3.51. The molecule has 2 nitrogen and oxygen atoms in total. The van der Waals surface area contributed by atoms with Crippen LogP contribution in [0.15, 0.2) is 18.2 Å². The van der Waals surface area contributed by atoms with Crippen LogP contribution in [0.5, 0.6) is 0 Å². The molecule has 1 aromatic carbocycles. The molecule has 1 fully saturated rings. The fraction of sp³-hybridized carbons (Fsp3) is 0.533. The summed E-state index contributed by atoms with van der Waals surface area (Å²) in [5, 5.41) is 8.86. The zero-order chi connectivity index (χ0) is 13.1. The predicted molar refractivity (Wildman–Crippen MR) is 69.3 cm³/mol. The van der Waals surface area contributed by atoms with E-state index in [1.54, 1.807) is 6.07 Å². The van der Waals surface area contributed by atoms with Crippen molar-refractivity contribution in [2.45, 2.75) is 26.8 Å². The van der Waals surface area contributed by atoms with E-state index in [1.165, 1.54) is 18.6 Å². The lowest BCUT2D eigenvalue weighted by Gasteiger charge is -2.35. The summed E-state index contributed by atoms with van der Waals surface area (Å²) in [6.45, 7) is 7.12. The molecule has 0 aliphatic carbocycles. The van der Waals surface area contributed by atoms with Crippen LogP contribution in [0.25, 0.3) is 0 Å². The van der Waals surface area contributed by atoms with E-state index < -0.39 is 0 Å². The van der Waals surface area contributed by atoms with Crippen molar-refractivity contribution in [3.63, 3.8) is 0 Å². The molecule has 1 aliphatic heterocycles. The standard InChI is InChI=1S/C15H19FN2/c1-11-5-12(2)9-18(8-11)10-14-6-13(7-17)3-4-15(14)16/h3-4,6,11-12H,5,8-10H2,1-2H3. The number of nitriles is 1. The number of nitrogens with zero attached hydrogens (tertiary/aromatic N) is 2. The summed E-state index contributed by atoms with van der Waals surface area (Å²) in [5.41, 5.74) is 1.17. The van der Waals surface area contributed by atoms with Crippen molar-refractivity contribution in [2.75, 3.05) is 13.1 Å². The first-order chi connectivity index (χ1) is 8.58. The summed E-state index contributed by atoms with van der Waals surface area (Å²) in [5.74, 6) is 1.12. The highest BCUT2D eigenvalue weighted by Crippen LogP contribution is 2.23. The molecule has 0 amide bonds. The molecule has 0 bridgehead atoms. The van der Waals surface area contributed by atoms with Gasteiger partial charge in [-0.3, -0.25) is 4.90 Å². The van der Waals surface area contributed by atoms with Gasteiger partial charge in [0.25, 0.3) is 0 Å². The highest BCUT2D eigenvalue weighted by atomic mass is 19.1. The maximum atomic E-state index is 13.7. The van der Waals surface area contributed by atoms with Gasteiger partial charge < -0.3 is 0 Å². The zero-order valence-corrected chi connectivity index (χ0v) is 11.0. The zero-order valence-electron chi connectivity index (χ0n) is 11.0. The number of halogens is 1. The van der Waals surface area contributed by atoms with Crippen LogP contribution in [0.3, 0.4) is 0 Å². The van der Waals surface area contributed by atoms with Crippen molar-refractivity contribution in [1.82, 2.24) is 4.90 Å². The van der Waals surface area contributed by atoms with Gasteiger partial charge in [-0.05, 0) is 36.5 Å². The molecule has 0 aromatic heterocycles. The highest BCUT2D eigenvalue weighted by molar-refractivity contribution is 5.33. The van der Waals surface area contributed by atoms with Gasteiger partial charge in [0, 0.05) is 25.2 Å². The third kappa shape index (κ3) is 3.08. The maximum absolute atomic E-state index is 13.7. The van der Waals surface area contributed by atoms with E-state index in [0.717, 1.165) is 13.1 Å². The predicted octanol–water partition coefficient (Wildman–Crippen LogP) is 3.18. The van der Waals surface area contributed by atoms with E-state index in [2.05, 4.69) is 24.8 Å². The van der Waals surface area contributed by atoms with Crippen molar-refractivity contribution in [3.8, 4) is 6.07 Å². The average Bonchev–Trinajstić information content (AvgIpc) is 2.30. The molecule has 1 aliphatic rings. The number of hydrogen-bond acceptors (Lipinski definition) is 2. The molecule has 1 aromatic rings. The first-order valence-corrected chi connectivity index (χ1v) is 6.49. The molecule has 0 spiro atoms. The lowest BCUT2D eigenvalue weighted by Crippen LogP contribution is -2.38. The quantitative estimate of drug-likeness (QED) is 0.801. The molecule has 18 heavy (non-hydrogen) atoms. The van der Waals surface area contributed by atoms with E-state index in [4.69, 9.17) is 5.26 Å². The van der Waals surface area contributed by atoms with Gasteiger partial charge in [-0.15, -0.1) is 0 Å². The first kappa shape index (κ1) is 13.0. The van der Waals surface area contributed by atoms with Gasteiger partial charge in [-0.2, -0.15) is 5.26 Å². The Bertz CT molecular complexity index is 454. The Labute approximate surface area is 108 Å². The van der Waals surface area contributed by atoms with E-state index in [0.29, 0.717) is 29.5 Å². The number of benzene rings is 1. The highest BCUT2D eigenvalue weighted by Gasteiger charge is 2.22. The fourth-order valence-electron chi connectivity index (χ4n) is 2.93. The molecule has 1 heterocycles. The Kier molecular flexibility index (Phi) is 3.98. The van der Waals surface area contributed by atoms with Crippen LogP contribution in [0, 0.1) is 29.0 Å². The third-order valence-corrected chi connectivity index (χ3v) is 3.51. The molecule has 0 radical (unpaired) electrons. The van der Waals surface area contributed by atoms with Gasteiger partial charge in [-0.1, -0.05) is 13.8 Å². The molecular formula is C15H19FN2. The lowest BCUT2D eigenvalue weighted by atomic mass is 9.91. The summed E-state index contributed by atoms with van der Waals surface area (Å²) < 4.78 is 13.7. The van der Waals surface area contributed by atoms with Crippen LogP contribution < -0.4 is 0 Å². The molecule has 2 unspecified atom stereocenters. The summed E-state index contributed by atoms with van der Waals surface area (Å²) in [6.07, 6.45) is 1.25. The van der Waals surface area contributed by atoms with Gasteiger partial charge in [0.05, 0.1) is 11.6 Å². The van der Waals surface area contributed by atoms with Crippen molar-refractivity contribution >= 4 is 0 Å². The van der Waals surface area contributed by atoms with E-state index in [9.17, 15) is 4.39 Å². The molecule has 1 saturated heterocycles. The number of rotatable bonds is 2. The second kappa shape index (κ2) is 5.49. The molecule has 0 N–H and O–H groups in total. The lowest BCUT2D eigenvalue weighted by molar-refractivity contribution is 0.133. The van der Waals surface area contributed by atoms with Crippen molar-refractivity contribution in [1.29, 1.82) is 5.26 Å². The first-order valence-electron chi connectivity index (χ1n) is 6.49. The minimum absolute atomic E-state index is 0.208. The van der Waals surface area contributed by atoms with Crippen molar-refractivity contribution in [2.24, 2.45) is 11.8 Å². The minimum Gasteiger partial charge on any atom is -0.298 e. The van der Waals surface area contributed by atoms with Gasteiger partial charge in [0.15, 0.2) is 0 Å². The van der Waals surface area contributed by atoms with Gasteiger partial charge >= 0.3 is 0 Å². The molecular weight excluding hydrogens is 227 g/mol. The average molecular weight is 246 g/mol. The van der Waals surface area contributed by atoms with Crippen LogP contribution in [-0.4, -0.2) is 18.0 Å². The maximum Gasteiger partial charge on any atom is 0.127 e. The molecule has 3 heteroatoms. The van der Waals surface area contributed by atoms with Crippen molar-refractivity contribution < 1.29 is 4.39 Å². The van der Waals surface area contributed by atoms with Crippen molar-refractivity contribution in [3.05, 3.63) is 35.1 Å². The Balaban J connectivity index is 2.11. The van der Waals surface area contributed by atoms with E-state index >= 15 is 0 Å². The van der Waals surface area contributed by atoms with Crippen LogP contribution >= 0.6 is 0 Å². The fourth-order valence-corrected chi connectivity index (χ4v) is 2.93. The molecule has 0 saturated carbocycles. The summed E-state index contributed by atoms with van der Waals surface area (Å²) >= 11 is 0. The normalized spacial score (nSPS) is 24.8. The molecule has 2 atom stereocenters.